The molecule has 1 unspecified atom stereocenters. The summed E-state index contributed by atoms with van der Waals surface area (Å²) >= 11 is 0. The summed E-state index contributed by atoms with van der Waals surface area (Å²) in [5.41, 5.74) is 0. The first-order chi connectivity index (χ1) is 12.0. The van der Waals surface area contributed by atoms with E-state index in [4.69, 9.17) is 0 Å². The topological polar surface area (TPSA) is 60.0 Å². The van der Waals surface area contributed by atoms with E-state index in [-0.39, 0.29) is 29.9 Å². The Labute approximate surface area is 176 Å². The van der Waals surface area contributed by atoms with Crippen LogP contribution in [0.4, 0.5) is 0 Å². The summed E-state index contributed by atoms with van der Waals surface area (Å²) in [7, 11) is 3.59. The lowest BCUT2D eigenvalue weighted by atomic mass is 9.93. The number of nitrogens with zero attached hydrogens (tertiary/aromatic N) is 3. The van der Waals surface area contributed by atoms with Crippen molar-refractivity contribution >= 4 is 35.8 Å². The van der Waals surface area contributed by atoms with Gasteiger partial charge >= 0.3 is 0 Å². The van der Waals surface area contributed by atoms with Crippen LogP contribution in [0.2, 0.25) is 0 Å². The predicted molar refractivity (Wildman–Crippen MR) is 119 cm³/mol. The lowest BCUT2D eigenvalue weighted by Crippen LogP contribution is -2.49. The molecule has 0 aromatic carbocycles. The standard InChI is InChI=1S/C19H37N5O.HI/c1-15(2)24-9-5-6-17(14-24)13-22-19(21-4)23-10-7-16(8-11-23)12-18(25)20-3;/h15-17H,5-14H2,1-4H3,(H,20,25)(H,21,22);1H. The Morgan fingerprint density at radius 1 is 1.15 bits per heavy atom. The molecule has 2 saturated heterocycles. The van der Waals surface area contributed by atoms with Gasteiger partial charge in [0.15, 0.2) is 5.96 Å². The molecule has 1 atom stereocenters. The Morgan fingerprint density at radius 3 is 2.42 bits per heavy atom. The highest BCUT2D eigenvalue weighted by Crippen LogP contribution is 2.21. The van der Waals surface area contributed by atoms with Crippen LogP contribution in [-0.2, 0) is 4.79 Å². The minimum atomic E-state index is 0. The number of likely N-dealkylation sites (tertiary alicyclic amines) is 2. The zero-order valence-electron chi connectivity index (χ0n) is 17.0. The average Bonchev–Trinajstić information content (AvgIpc) is 2.63. The molecule has 0 aromatic rings. The van der Waals surface area contributed by atoms with E-state index in [2.05, 4.69) is 39.3 Å². The fraction of sp³-hybridized carbons (Fsp3) is 0.895. The summed E-state index contributed by atoms with van der Waals surface area (Å²) in [5, 5.41) is 6.34. The number of aliphatic imine (C=N–C) groups is 1. The smallest absolute Gasteiger partial charge is 0.220 e. The SMILES string of the molecule is CN=C(NCC1CCCN(C(C)C)C1)N1CCC(CC(=O)NC)CC1.I. The fourth-order valence-electron chi connectivity index (χ4n) is 4.01. The molecule has 2 aliphatic rings. The van der Waals surface area contributed by atoms with E-state index in [0.717, 1.165) is 38.4 Å². The van der Waals surface area contributed by atoms with Gasteiger partial charge in [0.2, 0.25) is 5.91 Å². The number of carbonyl (C=O) groups excluding carboxylic acids is 1. The third kappa shape index (κ3) is 7.21. The number of guanidine groups is 1. The average molecular weight is 479 g/mol. The molecule has 2 fully saturated rings. The van der Waals surface area contributed by atoms with E-state index in [1.54, 1.807) is 7.05 Å². The second kappa shape index (κ2) is 12.0. The molecule has 2 rings (SSSR count). The Kier molecular flexibility index (Phi) is 10.8. The van der Waals surface area contributed by atoms with Crippen LogP contribution in [0.3, 0.4) is 0 Å². The largest absolute Gasteiger partial charge is 0.359 e. The quantitative estimate of drug-likeness (QED) is 0.361. The normalized spacial score (nSPS) is 22.9. The molecule has 2 N–H and O–H groups in total. The number of hydrogen-bond acceptors (Lipinski definition) is 3. The molecule has 2 aliphatic heterocycles. The van der Waals surface area contributed by atoms with Crippen molar-refractivity contribution in [3.63, 3.8) is 0 Å². The van der Waals surface area contributed by atoms with Crippen molar-refractivity contribution in [2.24, 2.45) is 16.8 Å². The van der Waals surface area contributed by atoms with Crippen LogP contribution in [0.15, 0.2) is 4.99 Å². The Balaban J connectivity index is 0.00000338. The van der Waals surface area contributed by atoms with E-state index >= 15 is 0 Å². The number of piperidine rings is 2. The van der Waals surface area contributed by atoms with E-state index in [9.17, 15) is 4.79 Å². The Morgan fingerprint density at radius 2 is 1.85 bits per heavy atom. The van der Waals surface area contributed by atoms with Gasteiger partial charge in [-0.3, -0.25) is 9.79 Å². The van der Waals surface area contributed by atoms with Gasteiger partial charge in [0, 0.05) is 52.7 Å². The van der Waals surface area contributed by atoms with Gasteiger partial charge in [-0.15, -0.1) is 24.0 Å². The van der Waals surface area contributed by atoms with Gasteiger partial charge in [-0.25, -0.2) is 0 Å². The number of nitrogens with one attached hydrogen (secondary N) is 2. The van der Waals surface area contributed by atoms with Gasteiger partial charge in [0.25, 0.3) is 0 Å². The van der Waals surface area contributed by atoms with Crippen LogP contribution in [0, 0.1) is 11.8 Å². The highest BCUT2D eigenvalue weighted by atomic mass is 127. The molecule has 152 valence electrons. The van der Waals surface area contributed by atoms with Gasteiger partial charge in [-0.1, -0.05) is 0 Å². The summed E-state index contributed by atoms with van der Waals surface area (Å²) in [6.07, 6.45) is 5.40. The molecule has 0 radical (unpaired) electrons. The van der Waals surface area contributed by atoms with Crippen LogP contribution in [0.1, 0.15) is 46.0 Å². The molecule has 0 saturated carbocycles. The molecule has 1 amide bonds. The molecule has 7 heteroatoms. The van der Waals surface area contributed by atoms with E-state index in [1.807, 2.05) is 7.05 Å². The second-order valence-corrected chi connectivity index (χ2v) is 7.83. The van der Waals surface area contributed by atoms with Gasteiger partial charge in [0.05, 0.1) is 0 Å². The minimum Gasteiger partial charge on any atom is -0.359 e. The first-order valence-corrected chi connectivity index (χ1v) is 9.93. The number of hydrogen-bond donors (Lipinski definition) is 2. The number of halogens is 1. The molecular weight excluding hydrogens is 441 g/mol. The molecule has 26 heavy (non-hydrogen) atoms. The maximum absolute atomic E-state index is 11.5. The number of amides is 1. The van der Waals surface area contributed by atoms with Crippen LogP contribution in [0.5, 0.6) is 0 Å². The minimum absolute atomic E-state index is 0. The number of rotatable bonds is 5. The lowest BCUT2D eigenvalue weighted by Gasteiger charge is -2.37. The van der Waals surface area contributed by atoms with Crippen LogP contribution >= 0.6 is 24.0 Å². The Hall–Kier alpha value is -0.570. The van der Waals surface area contributed by atoms with Crippen LogP contribution in [-0.4, -0.2) is 74.5 Å². The molecule has 6 nitrogen and oxygen atoms in total. The second-order valence-electron chi connectivity index (χ2n) is 7.83. The molecular formula is C19H38IN5O. The maximum Gasteiger partial charge on any atom is 0.220 e. The van der Waals surface area contributed by atoms with E-state index < -0.39 is 0 Å². The summed E-state index contributed by atoms with van der Waals surface area (Å²) < 4.78 is 0. The van der Waals surface area contributed by atoms with Gasteiger partial charge < -0.3 is 20.4 Å². The monoisotopic (exact) mass is 479 g/mol. The van der Waals surface area contributed by atoms with Crippen molar-refractivity contribution in [1.29, 1.82) is 0 Å². The fourth-order valence-corrected chi connectivity index (χ4v) is 4.01. The maximum atomic E-state index is 11.5. The van der Waals surface area contributed by atoms with Crippen molar-refractivity contribution in [2.75, 3.05) is 46.8 Å². The van der Waals surface area contributed by atoms with Crippen LogP contribution < -0.4 is 10.6 Å². The van der Waals surface area contributed by atoms with Gasteiger partial charge in [-0.05, 0) is 57.9 Å². The highest BCUT2D eigenvalue weighted by molar-refractivity contribution is 14.0. The summed E-state index contributed by atoms with van der Waals surface area (Å²) in [5.74, 6) is 2.40. The first kappa shape index (κ1) is 23.5. The van der Waals surface area contributed by atoms with Gasteiger partial charge in [-0.2, -0.15) is 0 Å². The highest BCUT2D eigenvalue weighted by Gasteiger charge is 2.25. The third-order valence-corrected chi connectivity index (χ3v) is 5.71. The van der Waals surface area contributed by atoms with Crippen molar-refractivity contribution in [3.8, 4) is 0 Å². The molecule has 0 aliphatic carbocycles. The molecule has 0 bridgehead atoms. The number of carbonyl (C=O) groups is 1. The zero-order valence-corrected chi connectivity index (χ0v) is 19.3. The van der Waals surface area contributed by atoms with Crippen molar-refractivity contribution < 1.29 is 4.79 Å². The van der Waals surface area contributed by atoms with Crippen molar-refractivity contribution in [2.45, 2.75) is 52.0 Å². The molecule has 2 heterocycles. The van der Waals surface area contributed by atoms with Crippen molar-refractivity contribution in [1.82, 2.24) is 20.4 Å². The zero-order chi connectivity index (χ0) is 18.2. The summed E-state index contributed by atoms with van der Waals surface area (Å²) in [6.45, 7) is 10.00. The third-order valence-electron chi connectivity index (χ3n) is 5.71. The van der Waals surface area contributed by atoms with E-state index in [1.165, 1.54) is 25.9 Å². The Bertz CT molecular complexity index is 449. The summed E-state index contributed by atoms with van der Waals surface area (Å²) in [6, 6.07) is 0.640. The van der Waals surface area contributed by atoms with Crippen molar-refractivity contribution in [3.05, 3.63) is 0 Å². The molecule has 0 aromatic heterocycles. The first-order valence-electron chi connectivity index (χ1n) is 9.93. The van der Waals surface area contributed by atoms with E-state index in [0.29, 0.717) is 24.3 Å². The van der Waals surface area contributed by atoms with Gasteiger partial charge in [0.1, 0.15) is 0 Å². The predicted octanol–water partition coefficient (Wildman–Crippen LogP) is 2.15. The molecule has 0 spiro atoms. The van der Waals surface area contributed by atoms with Crippen LogP contribution in [0.25, 0.3) is 0 Å². The lowest BCUT2D eigenvalue weighted by molar-refractivity contribution is -0.121. The summed E-state index contributed by atoms with van der Waals surface area (Å²) in [4.78, 5) is 21.0.